The van der Waals surface area contributed by atoms with E-state index < -0.39 is 0 Å². The molecule has 1 saturated heterocycles. The fourth-order valence-electron chi connectivity index (χ4n) is 4.52. The van der Waals surface area contributed by atoms with Gasteiger partial charge >= 0.3 is 0 Å². The van der Waals surface area contributed by atoms with Gasteiger partial charge in [0.2, 0.25) is 11.8 Å². The van der Waals surface area contributed by atoms with E-state index >= 15 is 0 Å². The van der Waals surface area contributed by atoms with Crippen molar-refractivity contribution in [2.24, 2.45) is 11.7 Å². The van der Waals surface area contributed by atoms with Crippen LogP contribution in [0.5, 0.6) is 0 Å². The van der Waals surface area contributed by atoms with Gasteiger partial charge in [0.15, 0.2) is 0 Å². The van der Waals surface area contributed by atoms with E-state index in [4.69, 9.17) is 17.3 Å². The summed E-state index contributed by atoms with van der Waals surface area (Å²) in [5, 5.41) is 3.99. The van der Waals surface area contributed by atoms with Crippen molar-refractivity contribution in [1.29, 1.82) is 0 Å². The van der Waals surface area contributed by atoms with Gasteiger partial charge in [-0.1, -0.05) is 23.7 Å². The summed E-state index contributed by atoms with van der Waals surface area (Å²) in [6.45, 7) is 3.55. The third kappa shape index (κ3) is 4.64. The first-order valence-electron chi connectivity index (χ1n) is 9.95. The maximum atomic E-state index is 12.6. The van der Waals surface area contributed by atoms with Gasteiger partial charge in [-0.2, -0.15) is 0 Å². The molecule has 0 atom stereocenters. The molecule has 1 aromatic carbocycles. The van der Waals surface area contributed by atoms with E-state index in [1.54, 1.807) is 6.92 Å². The molecule has 2 amide bonds. The lowest BCUT2D eigenvalue weighted by molar-refractivity contribution is -0.134. The summed E-state index contributed by atoms with van der Waals surface area (Å²) in [4.78, 5) is 25.9. The quantitative estimate of drug-likeness (QED) is 0.828. The van der Waals surface area contributed by atoms with Gasteiger partial charge in [-0.05, 0) is 56.2 Å². The summed E-state index contributed by atoms with van der Waals surface area (Å²) >= 11 is 6.17. The Labute approximate surface area is 166 Å². The molecule has 1 aliphatic heterocycles. The average Bonchev–Trinajstić information content (AvgIpc) is 2.69. The maximum absolute atomic E-state index is 12.6. The molecule has 1 saturated carbocycles. The third-order valence-electron chi connectivity index (χ3n) is 6.43. The lowest BCUT2D eigenvalue weighted by atomic mass is 9.68. The van der Waals surface area contributed by atoms with E-state index in [9.17, 15) is 9.59 Å². The number of carbonyl (C=O) groups excluding carboxylic acids is 2. The van der Waals surface area contributed by atoms with E-state index in [2.05, 4.69) is 11.4 Å². The average molecular weight is 392 g/mol. The molecule has 148 valence electrons. The highest BCUT2D eigenvalue weighted by Gasteiger charge is 2.37. The second-order valence-electron chi connectivity index (χ2n) is 8.06. The number of likely N-dealkylation sites (tertiary alicyclic amines) is 1. The van der Waals surface area contributed by atoms with E-state index in [0.29, 0.717) is 19.6 Å². The second kappa shape index (κ2) is 8.61. The zero-order chi connectivity index (χ0) is 19.4. The fourth-order valence-corrected chi connectivity index (χ4v) is 4.71. The topological polar surface area (TPSA) is 75.4 Å². The number of nitrogens with two attached hydrogens (primary N) is 1. The van der Waals surface area contributed by atoms with Crippen LogP contribution in [-0.4, -0.2) is 42.4 Å². The van der Waals surface area contributed by atoms with Crippen LogP contribution in [0.3, 0.4) is 0 Å². The van der Waals surface area contributed by atoms with Crippen molar-refractivity contribution in [3.05, 3.63) is 34.9 Å². The van der Waals surface area contributed by atoms with E-state index in [1.807, 2.05) is 23.1 Å². The SMILES string of the molecule is CC(=O)N1CCC(C(=O)N[C@H]2CC[C@@](CN)(c3cccc(Cl)c3)CC2)CC1. The van der Waals surface area contributed by atoms with E-state index in [1.165, 1.54) is 5.56 Å². The number of piperidine rings is 1. The number of amides is 2. The van der Waals surface area contributed by atoms with Gasteiger partial charge in [0.05, 0.1) is 0 Å². The molecule has 1 aliphatic carbocycles. The smallest absolute Gasteiger partial charge is 0.223 e. The van der Waals surface area contributed by atoms with Crippen LogP contribution in [0, 0.1) is 5.92 Å². The zero-order valence-electron chi connectivity index (χ0n) is 16.0. The van der Waals surface area contributed by atoms with E-state index in [-0.39, 0.29) is 29.2 Å². The number of nitrogens with one attached hydrogen (secondary N) is 1. The molecule has 0 radical (unpaired) electrons. The first-order valence-corrected chi connectivity index (χ1v) is 10.3. The predicted molar refractivity (Wildman–Crippen MR) is 108 cm³/mol. The monoisotopic (exact) mass is 391 g/mol. The first kappa shape index (κ1) is 20.2. The van der Waals surface area contributed by atoms with Crippen molar-refractivity contribution in [3.63, 3.8) is 0 Å². The van der Waals surface area contributed by atoms with Crippen LogP contribution in [0.15, 0.2) is 24.3 Å². The summed E-state index contributed by atoms with van der Waals surface area (Å²) in [6.07, 6.45) is 5.29. The first-order chi connectivity index (χ1) is 12.9. The summed E-state index contributed by atoms with van der Waals surface area (Å²) < 4.78 is 0. The highest BCUT2D eigenvalue weighted by atomic mass is 35.5. The van der Waals surface area contributed by atoms with Crippen LogP contribution < -0.4 is 11.1 Å². The Morgan fingerprint density at radius 3 is 2.44 bits per heavy atom. The number of nitrogens with zero attached hydrogens (tertiary/aromatic N) is 1. The Morgan fingerprint density at radius 1 is 1.22 bits per heavy atom. The number of halogens is 1. The van der Waals surface area contributed by atoms with Gasteiger partial charge in [-0.3, -0.25) is 9.59 Å². The van der Waals surface area contributed by atoms with Crippen molar-refractivity contribution in [3.8, 4) is 0 Å². The van der Waals surface area contributed by atoms with Crippen LogP contribution in [0.25, 0.3) is 0 Å². The van der Waals surface area contributed by atoms with Gasteiger partial charge in [0, 0.05) is 49.0 Å². The third-order valence-corrected chi connectivity index (χ3v) is 6.66. The number of carbonyl (C=O) groups is 2. The summed E-state index contributed by atoms with van der Waals surface area (Å²) in [5.74, 6) is 0.265. The molecular formula is C21H30ClN3O2. The lowest BCUT2D eigenvalue weighted by Crippen LogP contribution is -2.48. The minimum atomic E-state index is -0.0427. The standard InChI is InChI=1S/C21H30ClN3O2/c1-15(26)25-11-7-16(8-12-25)20(27)24-19-5-9-21(14-23,10-6-19)17-3-2-4-18(22)13-17/h2-4,13,16,19H,5-12,14,23H2,1H3,(H,24,27)/t19-,21+. The summed E-state index contributed by atoms with van der Waals surface area (Å²) in [5.41, 5.74) is 7.32. The van der Waals surface area contributed by atoms with Crippen molar-refractivity contribution in [2.75, 3.05) is 19.6 Å². The molecule has 6 heteroatoms. The molecule has 0 aromatic heterocycles. The Bertz CT molecular complexity index is 678. The largest absolute Gasteiger partial charge is 0.353 e. The molecule has 27 heavy (non-hydrogen) atoms. The van der Waals surface area contributed by atoms with Crippen molar-refractivity contribution >= 4 is 23.4 Å². The number of hydrogen-bond acceptors (Lipinski definition) is 3. The van der Waals surface area contributed by atoms with E-state index in [0.717, 1.165) is 43.5 Å². The predicted octanol–water partition coefficient (Wildman–Crippen LogP) is 2.85. The number of benzene rings is 1. The van der Waals surface area contributed by atoms with Gasteiger partial charge in [0.1, 0.15) is 0 Å². The summed E-state index contributed by atoms with van der Waals surface area (Å²) in [6, 6.07) is 8.22. The Morgan fingerprint density at radius 2 is 1.89 bits per heavy atom. The Hall–Kier alpha value is -1.59. The van der Waals surface area contributed by atoms with Crippen molar-refractivity contribution in [1.82, 2.24) is 10.2 Å². The second-order valence-corrected chi connectivity index (χ2v) is 8.49. The molecule has 0 spiro atoms. The maximum Gasteiger partial charge on any atom is 0.223 e. The highest BCUT2D eigenvalue weighted by molar-refractivity contribution is 6.30. The van der Waals surface area contributed by atoms with Gasteiger partial charge in [0.25, 0.3) is 0 Å². The zero-order valence-corrected chi connectivity index (χ0v) is 16.8. The molecular weight excluding hydrogens is 362 g/mol. The van der Waals surface area contributed by atoms with Crippen LogP contribution in [-0.2, 0) is 15.0 Å². The molecule has 2 aliphatic rings. The van der Waals surface area contributed by atoms with Gasteiger partial charge in [-0.25, -0.2) is 0 Å². The molecule has 1 aromatic rings. The number of hydrogen-bond donors (Lipinski definition) is 2. The van der Waals surface area contributed by atoms with Crippen molar-refractivity contribution in [2.45, 2.75) is 56.9 Å². The Kier molecular flexibility index (Phi) is 6.43. The van der Waals surface area contributed by atoms with Crippen LogP contribution >= 0.6 is 11.6 Å². The molecule has 0 bridgehead atoms. The van der Waals surface area contributed by atoms with Crippen LogP contribution in [0.2, 0.25) is 5.02 Å². The molecule has 5 nitrogen and oxygen atoms in total. The Balaban J connectivity index is 1.53. The summed E-state index contributed by atoms with van der Waals surface area (Å²) in [7, 11) is 0. The molecule has 3 N–H and O–H groups in total. The number of rotatable bonds is 4. The van der Waals surface area contributed by atoms with Gasteiger partial charge < -0.3 is 16.0 Å². The lowest BCUT2D eigenvalue weighted by Gasteiger charge is -2.40. The van der Waals surface area contributed by atoms with Crippen LogP contribution in [0.4, 0.5) is 0 Å². The van der Waals surface area contributed by atoms with Gasteiger partial charge in [-0.15, -0.1) is 0 Å². The fraction of sp³-hybridized carbons (Fsp3) is 0.619. The highest BCUT2D eigenvalue weighted by Crippen LogP contribution is 2.39. The molecule has 2 fully saturated rings. The molecule has 0 unspecified atom stereocenters. The minimum absolute atomic E-state index is 0.0229. The van der Waals surface area contributed by atoms with Crippen molar-refractivity contribution < 1.29 is 9.59 Å². The molecule has 3 rings (SSSR count). The normalized spacial score (nSPS) is 26.6. The molecule has 1 heterocycles. The minimum Gasteiger partial charge on any atom is -0.353 e. The van der Waals surface area contributed by atoms with Crippen LogP contribution in [0.1, 0.15) is 51.0 Å².